The van der Waals surface area contributed by atoms with Gasteiger partial charge in [0, 0.05) is 6.04 Å². The Bertz CT molecular complexity index is 427. The van der Waals surface area contributed by atoms with Crippen LogP contribution in [0.25, 0.3) is 0 Å². The molecular formula is C11H15NO2S. The van der Waals surface area contributed by atoms with Crippen LogP contribution < -0.4 is 4.72 Å². The van der Waals surface area contributed by atoms with Gasteiger partial charge in [0.2, 0.25) is 10.0 Å². The van der Waals surface area contributed by atoms with Crippen molar-refractivity contribution in [1.82, 2.24) is 4.72 Å². The number of hydrogen-bond donors (Lipinski definition) is 1. The highest BCUT2D eigenvalue weighted by molar-refractivity contribution is 7.90. The van der Waals surface area contributed by atoms with Gasteiger partial charge in [-0.05, 0) is 25.3 Å². The first-order valence-corrected chi connectivity index (χ1v) is 6.70. The maximum absolute atomic E-state index is 11.7. The number of benzene rings is 1. The lowest BCUT2D eigenvalue weighted by molar-refractivity contribution is 0.478. The number of hydrogen-bond acceptors (Lipinski definition) is 2. The molecule has 1 N–H and O–H groups in total. The molecule has 82 valence electrons. The Labute approximate surface area is 90.6 Å². The second-order valence-corrected chi connectivity index (χ2v) is 6.14. The Morgan fingerprint density at radius 3 is 2.47 bits per heavy atom. The fraction of sp³-hybridized carbons (Fsp3) is 0.455. The van der Waals surface area contributed by atoms with Crippen LogP contribution in [0.5, 0.6) is 0 Å². The molecule has 0 amide bonds. The quantitative estimate of drug-likeness (QED) is 0.792. The van der Waals surface area contributed by atoms with Gasteiger partial charge in [0.1, 0.15) is 0 Å². The second-order valence-electron chi connectivity index (χ2n) is 4.01. The second kappa shape index (κ2) is 3.94. The van der Waals surface area contributed by atoms with Crippen LogP contribution in [0.15, 0.2) is 30.3 Å². The smallest absolute Gasteiger partial charge is 0.212 e. The Kier molecular flexibility index (Phi) is 2.80. The zero-order valence-corrected chi connectivity index (χ0v) is 9.50. The van der Waals surface area contributed by atoms with E-state index in [1.54, 1.807) is 6.92 Å². The fourth-order valence-corrected chi connectivity index (χ4v) is 3.18. The summed E-state index contributed by atoms with van der Waals surface area (Å²) in [6.07, 6.45) is 1.61. The molecule has 0 spiro atoms. The highest BCUT2D eigenvalue weighted by Gasteiger charge is 2.30. The minimum Gasteiger partial charge on any atom is -0.212 e. The van der Waals surface area contributed by atoms with Crippen LogP contribution in [0.4, 0.5) is 0 Å². The van der Waals surface area contributed by atoms with Crippen molar-refractivity contribution in [3.63, 3.8) is 0 Å². The van der Waals surface area contributed by atoms with E-state index in [1.165, 1.54) is 0 Å². The standard InChI is InChI=1S/C11H15NO2S/c1-9-7-8-11(12-15(9,13)14)10-5-3-2-4-6-10/h2-6,9,11-12H,7-8H2,1H3/t9-,11-/m0/s1. The van der Waals surface area contributed by atoms with E-state index in [1.807, 2.05) is 30.3 Å². The molecule has 1 aliphatic rings. The summed E-state index contributed by atoms with van der Waals surface area (Å²) in [4.78, 5) is 0. The van der Waals surface area contributed by atoms with Gasteiger partial charge in [-0.2, -0.15) is 0 Å². The van der Waals surface area contributed by atoms with E-state index in [2.05, 4.69) is 4.72 Å². The van der Waals surface area contributed by atoms with E-state index >= 15 is 0 Å². The first kappa shape index (κ1) is 10.6. The van der Waals surface area contributed by atoms with Gasteiger partial charge in [-0.25, -0.2) is 13.1 Å². The average Bonchev–Trinajstić information content (AvgIpc) is 2.23. The third-order valence-corrected chi connectivity index (χ3v) is 4.81. The van der Waals surface area contributed by atoms with E-state index in [0.717, 1.165) is 18.4 Å². The molecule has 2 atom stereocenters. The fourth-order valence-electron chi connectivity index (χ4n) is 1.85. The highest BCUT2D eigenvalue weighted by Crippen LogP contribution is 2.27. The summed E-state index contributed by atoms with van der Waals surface area (Å²) < 4.78 is 26.0. The molecule has 1 aromatic carbocycles. The maximum atomic E-state index is 11.7. The first-order valence-electron chi connectivity index (χ1n) is 5.16. The van der Waals surface area contributed by atoms with Crippen molar-refractivity contribution in [1.29, 1.82) is 0 Å². The van der Waals surface area contributed by atoms with Gasteiger partial charge >= 0.3 is 0 Å². The monoisotopic (exact) mass is 225 g/mol. The molecule has 15 heavy (non-hydrogen) atoms. The minimum absolute atomic E-state index is 0.0487. The van der Waals surface area contributed by atoms with Gasteiger partial charge in [0.25, 0.3) is 0 Å². The lowest BCUT2D eigenvalue weighted by Gasteiger charge is -2.27. The van der Waals surface area contributed by atoms with E-state index in [-0.39, 0.29) is 11.3 Å². The third-order valence-electron chi connectivity index (χ3n) is 2.90. The summed E-state index contributed by atoms with van der Waals surface area (Å²) in [7, 11) is -3.11. The lowest BCUT2D eigenvalue weighted by Crippen LogP contribution is -2.40. The van der Waals surface area contributed by atoms with Crippen LogP contribution in [0, 0.1) is 0 Å². The van der Waals surface area contributed by atoms with Gasteiger partial charge in [-0.1, -0.05) is 30.3 Å². The summed E-state index contributed by atoms with van der Waals surface area (Å²) in [5.41, 5.74) is 1.05. The van der Waals surface area contributed by atoms with Crippen LogP contribution in [-0.2, 0) is 10.0 Å². The van der Waals surface area contributed by atoms with Gasteiger partial charge in [-0.3, -0.25) is 0 Å². The average molecular weight is 225 g/mol. The highest BCUT2D eigenvalue weighted by atomic mass is 32.2. The van der Waals surface area contributed by atoms with Gasteiger partial charge in [0.05, 0.1) is 5.25 Å². The van der Waals surface area contributed by atoms with Crippen molar-refractivity contribution >= 4 is 10.0 Å². The van der Waals surface area contributed by atoms with E-state index in [0.29, 0.717) is 0 Å². The molecule has 0 aliphatic carbocycles. The third kappa shape index (κ3) is 2.21. The Morgan fingerprint density at radius 2 is 1.87 bits per heavy atom. The van der Waals surface area contributed by atoms with Crippen LogP contribution in [0.3, 0.4) is 0 Å². The predicted octanol–water partition coefficient (Wildman–Crippen LogP) is 1.83. The van der Waals surface area contributed by atoms with E-state index in [9.17, 15) is 8.42 Å². The van der Waals surface area contributed by atoms with Crippen molar-refractivity contribution < 1.29 is 8.42 Å². The summed E-state index contributed by atoms with van der Waals surface area (Å²) in [6, 6.07) is 9.67. The van der Waals surface area contributed by atoms with Crippen LogP contribution in [-0.4, -0.2) is 13.7 Å². The summed E-state index contributed by atoms with van der Waals surface area (Å²) >= 11 is 0. The molecule has 0 aromatic heterocycles. The molecule has 0 unspecified atom stereocenters. The molecule has 3 nitrogen and oxygen atoms in total. The first-order chi connectivity index (χ1) is 7.09. The van der Waals surface area contributed by atoms with Crippen molar-refractivity contribution in [3.05, 3.63) is 35.9 Å². The molecule has 1 saturated heterocycles. The molecule has 4 heteroatoms. The molecule has 0 saturated carbocycles. The molecule has 1 heterocycles. The summed E-state index contributed by atoms with van der Waals surface area (Å²) in [5, 5.41) is -0.266. The van der Waals surface area contributed by atoms with Crippen LogP contribution in [0.2, 0.25) is 0 Å². The molecular weight excluding hydrogens is 210 g/mol. The lowest BCUT2D eigenvalue weighted by atomic mass is 10.0. The number of rotatable bonds is 1. The largest absolute Gasteiger partial charge is 0.214 e. The van der Waals surface area contributed by atoms with Crippen molar-refractivity contribution in [2.75, 3.05) is 0 Å². The topological polar surface area (TPSA) is 46.2 Å². The van der Waals surface area contributed by atoms with Crippen LogP contribution >= 0.6 is 0 Å². The molecule has 0 radical (unpaired) electrons. The van der Waals surface area contributed by atoms with Gasteiger partial charge in [-0.15, -0.1) is 0 Å². The summed E-state index contributed by atoms with van der Waals surface area (Å²) in [5.74, 6) is 0. The van der Waals surface area contributed by atoms with E-state index < -0.39 is 10.0 Å². The summed E-state index contributed by atoms with van der Waals surface area (Å²) in [6.45, 7) is 1.75. The van der Waals surface area contributed by atoms with Crippen molar-refractivity contribution in [3.8, 4) is 0 Å². The van der Waals surface area contributed by atoms with Crippen LogP contribution in [0.1, 0.15) is 31.4 Å². The minimum atomic E-state index is -3.11. The SMILES string of the molecule is C[C@H]1CC[C@@H](c2ccccc2)NS1(=O)=O. The number of sulfonamides is 1. The molecule has 1 aliphatic heterocycles. The van der Waals surface area contributed by atoms with Crippen molar-refractivity contribution in [2.45, 2.75) is 31.1 Å². The molecule has 0 bridgehead atoms. The zero-order valence-electron chi connectivity index (χ0n) is 8.68. The Hall–Kier alpha value is -0.870. The van der Waals surface area contributed by atoms with Gasteiger partial charge in [0.15, 0.2) is 0 Å². The number of nitrogens with one attached hydrogen (secondary N) is 1. The van der Waals surface area contributed by atoms with Gasteiger partial charge < -0.3 is 0 Å². The molecule has 1 fully saturated rings. The predicted molar refractivity (Wildman–Crippen MR) is 59.9 cm³/mol. The maximum Gasteiger partial charge on any atom is 0.214 e. The zero-order chi connectivity index (χ0) is 10.9. The van der Waals surface area contributed by atoms with E-state index in [4.69, 9.17) is 0 Å². The normalized spacial score (nSPS) is 29.9. The molecule has 2 rings (SSSR count). The Balaban J connectivity index is 2.21. The molecule has 1 aromatic rings. The van der Waals surface area contributed by atoms with Crippen molar-refractivity contribution in [2.24, 2.45) is 0 Å². The Morgan fingerprint density at radius 1 is 1.20 bits per heavy atom.